The van der Waals surface area contributed by atoms with Gasteiger partial charge in [-0.15, -0.1) is 0 Å². The molecule has 0 radical (unpaired) electrons. The molecule has 0 saturated heterocycles. The van der Waals surface area contributed by atoms with Gasteiger partial charge in [-0.3, -0.25) is 0 Å². The van der Waals surface area contributed by atoms with Crippen LogP contribution in [0.3, 0.4) is 0 Å². The smallest absolute Gasteiger partial charge is 0.203 e. The topological polar surface area (TPSA) is 39.7 Å². The lowest BCUT2D eigenvalue weighted by molar-refractivity contribution is 0.323. The Morgan fingerprint density at radius 3 is 2.00 bits per heavy atom. The van der Waals surface area contributed by atoms with Gasteiger partial charge in [0.05, 0.1) is 21.3 Å². The average Bonchev–Trinajstić information content (AvgIpc) is 2.43. The van der Waals surface area contributed by atoms with Crippen LogP contribution in [0.25, 0.3) is 0 Å². The Kier molecular flexibility index (Phi) is 5.78. The molecule has 0 fully saturated rings. The standard InChI is InChI=1S/C14H23NO3/c1-6-10(2)15-9-11-7-12(16-3)14(18-5)13(8-11)17-4/h7-8,10,15H,6,9H2,1-5H3/t10-/m1/s1. The molecule has 1 rings (SSSR count). The molecule has 0 aliphatic heterocycles. The molecule has 102 valence electrons. The van der Waals surface area contributed by atoms with E-state index in [-0.39, 0.29) is 0 Å². The van der Waals surface area contributed by atoms with Crippen molar-refractivity contribution in [2.24, 2.45) is 0 Å². The van der Waals surface area contributed by atoms with Crippen LogP contribution in [0.2, 0.25) is 0 Å². The monoisotopic (exact) mass is 253 g/mol. The minimum atomic E-state index is 0.490. The van der Waals surface area contributed by atoms with Gasteiger partial charge in [0.1, 0.15) is 0 Å². The SMILES string of the molecule is CC[C@@H](C)NCc1cc(OC)c(OC)c(OC)c1. The Morgan fingerprint density at radius 2 is 1.61 bits per heavy atom. The van der Waals surface area contributed by atoms with Crippen molar-refractivity contribution in [2.75, 3.05) is 21.3 Å². The molecule has 4 nitrogen and oxygen atoms in total. The van der Waals surface area contributed by atoms with Crippen molar-refractivity contribution in [3.63, 3.8) is 0 Å². The molecule has 0 aliphatic carbocycles. The van der Waals surface area contributed by atoms with Gasteiger partial charge in [-0.2, -0.15) is 0 Å². The molecule has 0 unspecified atom stereocenters. The Morgan fingerprint density at radius 1 is 1.06 bits per heavy atom. The van der Waals surface area contributed by atoms with E-state index in [9.17, 15) is 0 Å². The molecule has 0 aromatic heterocycles. The summed E-state index contributed by atoms with van der Waals surface area (Å²) in [5.41, 5.74) is 1.12. The predicted octanol–water partition coefficient (Wildman–Crippen LogP) is 2.60. The van der Waals surface area contributed by atoms with E-state index in [1.165, 1.54) is 0 Å². The molecule has 1 atom stereocenters. The van der Waals surface area contributed by atoms with Crippen LogP contribution < -0.4 is 19.5 Å². The van der Waals surface area contributed by atoms with Crippen LogP contribution in [0.15, 0.2) is 12.1 Å². The van der Waals surface area contributed by atoms with Crippen molar-refractivity contribution in [1.82, 2.24) is 5.32 Å². The molecule has 1 N–H and O–H groups in total. The van der Waals surface area contributed by atoms with Crippen LogP contribution in [0, 0.1) is 0 Å². The number of ether oxygens (including phenoxy) is 3. The molecule has 0 heterocycles. The van der Waals surface area contributed by atoms with Crippen LogP contribution in [0.5, 0.6) is 17.2 Å². The molecule has 0 saturated carbocycles. The molecule has 1 aromatic carbocycles. The van der Waals surface area contributed by atoms with Gasteiger partial charge in [-0.1, -0.05) is 6.92 Å². The third-order valence-corrected chi connectivity index (χ3v) is 2.99. The average molecular weight is 253 g/mol. The van der Waals surface area contributed by atoms with Crippen molar-refractivity contribution in [3.8, 4) is 17.2 Å². The van der Waals surface area contributed by atoms with E-state index in [1.807, 2.05) is 12.1 Å². The Hall–Kier alpha value is -1.42. The van der Waals surface area contributed by atoms with Crippen molar-refractivity contribution >= 4 is 0 Å². The largest absolute Gasteiger partial charge is 0.493 e. The predicted molar refractivity (Wildman–Crippen MR) is 72.7 cm³/mol. The van der Waals surface area contributed by atoms with E-state index in [4.69, 9.17) is 14.2 Å². The molecular formula is C14H23NO3. The molecule has 0 spiro atoms. The Bertz CT molecular complexity index is 354. The summed E-state index contributed by atoms with van der Waals surface area (Å²) in [4.78, 5) is 0. The lowest BCUT2D eigenvalue weighted by Crippen LogP contribution is -2.24. The molecular weight excluding hydrogens is 230 g/mol. The number of hydrogen-bond acceptors (Lipinski definition) is 4. The van der Waals surface area contributed by atoms with Crippen LogP contribution in [-0.4, -0.2) is 27.4 Å². The summed E-state index contributed by atoms with van der Waals surface area (Å²) < 4.78 is 15.9. The summed E-state index contributed by atoms with van der Waals surface area (Å²) >= 11 is 0. The maximum atomic E-state index is 5.32. The molecule has 0 bridgehead atoms. The molecule has 1 aromatic rings. The van der Waals surface area contributed by atoms with Gasteiger partial charge >= 0.3 is 0 Å². The van der Waals surface area contributed by atoms with E-state index in [1.54, 1.807) is 21.3 Å². The van der Waals surface area contributed by atoms with Crippen LogP contribution in [0.1, 0.15) is 25.8 Å². The van der Waals surface area contributed by atoms with E-state index >= 15 is 0 Å². The van der Waals surface area contributed by atoms with Crippen LogP contribution in [0.4, 0.5) is 0 Å². The van der Waals surface area contributed by atoms with Gasteiger partial charge in [0, 0.05) is 12.6 Å². The van der Waals surface area contributed by atoms with Crippen molar-refractivity contribution in [3.05, 3.63) is 17.7 Å². The van der Waals surface area contributed by atoms with Gasteiger partial charge < -0.3 is 19.5 Å². The zero-order valence-corrected chi connectivity index (χ0v) is 11.9. The summed E-state index contributed by atoms with van der Waals surface area (Å²) in [5, 5.41) is 3.44. The van der Waals surface area contributed by atoms with Crippen molar-refractivity contribution < 1.29 is 14.2 Å². The highest BCUT2D eigenvalue weighted by Crippen LogP contribution is 2.38. The second-order valence-electron chi connectivity index (χ2n) is 4.22. The first-order valence-corrected chi connectivity index (χ1v) is 6.18. The van der Waals surface area contributed by atoms with Gasteiger partial charge in [-0.25, -0.2) is 0 Å². The summed E-state index contributed by atoms with van der Waals surface area (Å²) in [6, 6.07) is 4.43. The minimum Gasteiger partial charge on any atom is -0.493 e. The van der Waals surface area contributed by atoms with Crippen molar-refractivity contribution in [2.45, 2.75) is 32.9 Å². The fourth-order valence-corrected chi connectivity index (χ4v) is 1.67. The third kappa shape index (κ3) is 3.53. The molecule has 0 aliphatic rings. The first kappa shape index (κ1) is 14.6. The number of hydrogen-bond donors (Lipinski definition) is 1. The minimum absolute atomic E-state index is 0.490. The number of rotatable bonds is 7. The zero-order chi connectivity index (χ0) is 13.5. The summed E-state index contributed by atoms with van der Waals surface area (Å²) in [6.07, 6.45) is 1.10. The van der Waals surface area contributed by atoms with Crippen LogP contribution >= 0.6 is 0 Å². The Labute approximate surface area is 109 Å². The first-order valence-electron chi connectivity index (χ1n) is 6.18. The van der Waals surface area contributed by atoms with E-state index in [0.29, 0.717) is 23.3 Å². The highest BCUT2D eigenvalue weighted by Gasteiger charge is 2.13. The van der Waals surface area contributed by atoms with Gasteiger partial charge in [-0.05, 0) is 31.0 Å². The van der Waals surface area contributed by atoms with Crippen LogP contribution in [-0.2, 0) is 6.54 Å². The van der Waals surface area contributed by atoms with E-state index in [2.05, 4.69) is 19.2 Å². The maximum absolute atomic E-state index is 5.32. The molecule has 0 amide bonds. The van der Waals surface area contributed by atoms with E-state index in [0.717, 1.165) is 18.5 Å². The lowest BCUT2D eigenvalue weighted by atomic mass is 10.1. The second-order valence-corrected chi connectivity index (χ2v) is 4.22. The fourth-order valence-electron chi connectivity index (χ4n) is 1.67. The third-order valence-electron chi connectivity index (χ3n) is 2.99. The summed E-state index contributed by atoms with van der Waals surface area (Å²) in [7, 11) is 4.86. The highest BCUT2D eigenvalue weighted by molar-refractivity contribution is 5.53. The number of methoxy groups -OCH3 is 3. The van der Waals surface area contributed by atoms with Gasteiger partial charge in [0.15, 0.2) is 11.5 Å². The van der Waals surface area contributed by atoms with E-state index < -0.39 is 0 Å². The number of nitrogens with one attached hydrogen (secondary N) is 1. The van der Waals surface area contributed by atoms with Crippen molar-refractivity contribution in [1.29, 1.82) is 0 Å². The molecule has 18 heavy (non-hydrogen) atoms. The summed E-state index contributed by atoms with van der Waals surface area (Å²) in [5.74, 6) is 2.02. The zero-order valence-electron chi connectivity index (χ0n) is 11.9. The Balaban J connectivity index is 2.93. The van der Waals surface area contributed by atoms with Gasteiger partial charge in [0.25, 0.3) is 0 Å². The molecule has 4 heteroatoms. The second kappa shape index (κ2) is 7.11. The lowest BCUT2D eigenvalue weighted by Gasteiger charge is -2.16. The maximum Gasteiger partial charge on any atom is 0.203 e. The summed E-state index contributed by atoms with van der Waals surface area (Å²) in [6.45, 7) is 5.11. The highest BCUT2D eigenvalue weighted by atomic mass is 16.5. The number of benzene rings is 1. The fraction of sp³-hybridized carbons (Fsp3) is 0.571. The van der Waals surface area contributed by atoms with Gasteiger partial charge in [0.2, 0.25) is 5.75 Å². The quantitative estimate of drug-likeness (QED) is 0.811. The normalized spacial score (nSPS) is 12.1. The first-order chi connectivity index (χ1) is 8.65.